The van der Waals surface area contributed by atoms with Gasteiger partial charge in [-0.25, -0.2) is 4.79 Å². The van der Waals surface area contributed by atoms with Gasteiger partial charge in [-0.2, -0.15) is 5.26 Å². The quantitative estimate of drug-likeness (QED) is 0.664. The van der Waals surface area contributed by atoms with E-state index in [1.165, 1.54) is 6.07 Å². The Morgan fingerprint density at radius 1 is 0.950 bits per heavy atom. The van der Waals surface area contributed by atoms with Gasteiger partial charge >= 0.3 is 5.63 Å². The Morgan fingerprint density at radius 3 is 2.40 bits per heavy atom. The fourth-order valence-corrected chi connectivity index (χ4v) is 1.84. The zero-order chi connectivity index (χ0) is 13.9. The van der Waals surface area contributed by atoms with Crippen molar-refractivity contribution in [2.45, 2.75) is 0 Å². The number of fused-ring (bicyclic) bond motifs is 1. The van der Waals surface area contributed by atoms with E-state index in [0.29, 0.717) is 22.6 Å². The third-order valence-electron chi connectivity index (χ3n) is 2.81. The average molecular weight is 263 g/mol. The number of hydrogen-bond acceptors (Lipinski definition) is 4. The van der Waals surface area contributed by atoms with E-state index in [1.807, 2.05) is 12.1 Å². The molecule has 2 aromatic carbocycles. The second kappa shape index (κ2) is 4.90. The summed E-state index contributed by atoms with van der Waals surface area (Å²) in [5.41, 5.74) is 0.651. The maximum atomic E-state index is 11.2. The zero-order valence-electron chi connectivity index (χ0n) is 10.4. The van der Waals surface area contributed by atoms with E-state index in [9.17, 15) is 4.79 Å². The van der Waals surface area contributed by atoms with Crippen molar-refractivity contribution in [3.05, 3.63) is 70.6 Å². The maximum Gasteiger partial charge on any atom is 0.336 e. The van der Waals surface area contributed by atoms with Crippen LogP contribution in [-0.2, 0) is 0 Å². The number of nitriles is 1. The molecular formula is C16H9NO3. The van der Waals surface area contributed by atoms with Crippen LogP contribution in [0.1, 0.15) is 5.56 Å². The van der Waals surface area contributed by atoms with Crippen molar-refractivity contribution in [3.8, 4) is 17.6 Å². The van der Waals surface area contributed by atoms with Gasteiger partial charge in [0, 0.05) is 17.5 Å². The summed E-state index contributed by atoms with van der Waals surface area (Å²) in [6, 6.07) is 17.2. The molecule has 0 spiro atoms. The molecule has 1 heterocycles. The molecule has 3 rings (SSSR count). The monoisotopic (exact) mass is 263 g/mol. The fourth-order valence-electron chi connectivity index (χ4n) is 1.84. The topological polar surface area (TPSA) is 63.2 Å². The van der Waals surface area contributed by atoms with Gasteiger partial charge in [-0.1, -0.05) is 0 Å². The normalized spacial score (nSPS) is 10.2. The van der Waals surface area contributed by atoms with Gasteiger partial charge in [0.2, 0.25) is 0 Å². The zero-order valence-corrected chi connectivity index (χ0v) is 10.4. The summed E-state index contributed by atoms with van der Waals surface area (Å²) in [6.07, 6.45) is 0. The van der Waals surface area contributed by atoms with E-state index >= 15 is 0 Å². The van der Waals surface area contributed by atoms with Crippen molar-refractivity contribution in [2.75, 3.05) is 0 Å². The SMILES string of the molecule is N#Cc1ccc(Oc2ccc3ccc(=O)oc3c2)cc1. The number of benzene rings is 2. The Balaban J connectivity index is 1.93. The lowest BCUT2D eigenvalue weighted by Crippen LogP contribution is -1.94. The Hall–Kier alpha value is -3.06. The Morgan fingerprint density at radius 2 is 1.65 bits per heavy atom. The van der Waals surface area contributed by atoms with Crippen LogP contribution in [0.4, 0.5) is 0 Å². The van der Waals surface area contributed by atoms with Crippen molar-refractivity contribution in [2.24, 2.45) is 0 Å². The Kier molecular flexibility index (Phi) is 2.94. The second-order valence-electron chi connectivity index (χ2n) is 4.19. The fraction of sp³-hybridized carbons (Fsp3) is 0. The summed E-state index contributed by atoms with van der Waals surface area (Å²) in [5.74, 6) is 1.18. The largest absolute Gasteiger partial charge is 0.457 e. The Labute approximate surface area is 114 Å². The molecule has 96 valence electrons. The van der Waals surface area contributed by atoms with Gasteiger partial charge < -0.3 is 9.15 Å². The van der Waals surface area contributed by atoms with Crippen molar-refractivity contribution < 1.29 is 9.15 Å². The van der Waals surface area contributed by atoms with E-state index < -0.39 is 5.63 Å². The molecule has 0 aliphatic heterocycles. The highest BCUT2D eigenvalue weighted by Crippen LogP contribution is 2.25. The number of hydrogen-bond donors (Lipinski definition) is 0. The summed E-state index contributed by atoms with van der Waals surface area (Å²) in [4.78, 5) is 11.2. The van der Waals surface area contributed by atoms with Crippen LogP contribution in [-0.4, -0.2) is 0 Å². The molecule has 0 aliphatic carbocycles. The molecule has 1 aromatic heterocycles. The molecule has 0 saturated heterocycles. The molecular weight excluding hydrogens is 254 g/mol. The summed E-state index contributed by atoms with van der Waals surface area (Å²) in [5, 5.41) is 9.56. The summed E-state index contributed by atoms with van der Waals surface area (Å²) < 4.78 is 10.8. The summed E-state index contributed by atoms with van der Waals surface area (Å²) in [6.45, 7) is 0. The van der Waals surface area contributed by atoms with Crippen LogP contribution >= 0.6 is 0 Å². The third-order valence-corrected chi connectivity index (χ3v) is 2.81. The molecule has 3 aromatic rings. The van der Waals surface area contributed by atoms with Crippen LogP contribution in [0.15, 0.2) is 63.8 Å². The second-order valence-corrected chi connectivity index (χ2v) is 4.19. The van der Waals surface area contributed by atoms with Crippen molar-refractivity contribution >= 4 is 11.0 Å². The van der Waals surface area contributed by atoms with Crippen LogP contribution in [0.3, 0.4) is 0 Å². The summed E-state index contributed by atoms with van der Waals surface area (Å²) >= 11 is 0. The standard InChI is InChI=1S/C16H9NO3/c17-10-11-1-5-13(6-2-11)19-14-7-3-12-4-8-16(18)20-15(12)9-14/h1-9H. The van der Waals surface area contributed by atoms with E-state index in [0.717, 1.165) is 5.39 Å². The van der Waals surface area contributed by atoms with Crippen LogP contribution in [0.2, 0.25) is 0 Å². The average Bonchev–Trinajstić information content (AvgIpc) is 2.47. The van der Waals surface area contributed by atoms with Gasteiger partial charge in [-0.3, -0.25) is 0 Å². The molecule has 0 aliphatic rings. The molecule has 4 nitrogen and oxygen atoms in total. The van der Waals surface area contributed by atoms with Crippen LogP contribution in [0.25, 0.3) is 11.0 Å². The van der Waals surface area contributed by atoms with Crippen LogP contribution in [0, 0.1) is 11.3 Å². The van der Waals surface area contributed by atoms with Crippen LogP contribution in [0.5, 0.6) is 11.5 Å². The van der Waals surface area contributed by atoms with Crippen molar-refractivity contribution in [1.29, 1.82) is 5.26 Å². The first-order valence-electron chi connectivity index (χ1n) is 5.96. The van der Waals surface area contributed by atoms with E-state index in [1.54, 1.807) is 42.5 Å². The van der Waals surface area contributed by atoms with E-state index in [-0.39, 0.29) is 0 Å². The van der Waals surface area contributed by atoms with E-state index in [2.05, 4.69) is 0 Å². The van der Waals surface area contributed by atoms with E-state index in [4.69, 9.17) is 14.4 Å². The van der Waals surface area contributed by atoms with Crippen LogP contribution < -0.4 is 10.4 Å². The first-order valence-corrected chi connectivity index (χ1v) is 5.96. The highest BCUT2D eigenvalue weighted by atomic mass is 16.5. The lowest BCUT2D eigenvalue weighted by Gasteiger charge is -2.06. The lowest BCUT2D eigenvalue weighted by atomic mass is 10.2. The highest BCUT2D eigenvalue weighted by Gasteiger charge is 2.02. The molecule has 0 unspecified atom stereocenters. The molecule has 4 heteroatoms. The molecule has 0 N–H and O–H groups in total. The minimum atomic E-state index is -0.395. The molecule has 0 bridgehead atoms. The first kappa shape index (κ1) is 12.0. The molecule has 20 heavy (non-hydrogen) atoms. The minimum absolute atomic E-state index is 0.395. The van der Waals surface area contributed by atoms with Crippen molar-refractivity contribution in [3.63, 3.8) is 0 Å². The predicted molar refractivity (Wildman–Crippen MR) is 73.7 cm³/mol. The predicted octanol–water partition coefficient (Wildman–Crippen LogP) is 3.46. The van der Waals surface area contributed by atoms with Gasteiger partial charge in [0.1, 0.15) is 17.1 Å². The number of rotatable bonds is 2. The van der Waals surface area contributed by atoms with Gasteiger partial charge in [-0.15, -0.1) is 0 Å². The number of ether oxygens (including phenoxy) is 1. The number of nitrogens with zero attached hydrogens (tertiary/aromatic N) is 1. The van der Waals surface area contributed by atoms with Gasteiger partial charge in [0.05, 0.1) is 11.6 Å². The summed E-state index contributed by atoms with van der Waals surface area (Å²) in [7, 11) is 0. The molecule has 0 saturated carbocycles. The maximum absolute atomic E-state index is 11.2. The third kappa shape index (κ3) is 2.38. The first-order chi connectivity index (χ1) is 9.74. The molecule has 0 fully saturated rings. The Bertz CT molecular complexity index is 857. The van der Waals surface area contributed by atoms with Gasteiger partial charge in [0.15, 0.2) is 0 Å². The lowest BCUT2D eigenvalue weighted by molar-refractivity contribution is 0.480. The minimum Gasteiger partial charge on any atom is -0.457 e. The molecule has 0 radical (unpaired) electrons. The smallest absolute Gasteiger partial charge is 0.336 e. The van der Waals surface area contributed by atoms with Gasteiger partial charge in [-0.05, 0) is 42.5 Å². The van der Waals surface area contributed by atoms with Crippen molar-refractivity contribution in [1.82, 2.24) is 0 Å². The van der Waals surface area contributed by atoms with Gasteiger partial charge in [0.25, 0.3) is 0 Å². The highest BCUT2D eigenvalue weighted by molar-refractivity contribution is 5.77. The molecule has 0 amide bonds. The molecule has 0 atom stereocenters.